The normalized spacial score (nSPS) is 34.0. The van der Waals surface area contributed by atoms with Gasteiger partial charge in [0.15, 0.2) is 0 Å². The van der Waals surface area contributed by atoms with Gasteiger partial charge in [0.25, 0.3) is 0 Å². The summed E-state index contributed by atoms with van der Waals surface area (Å²) in [4.78, 5) is 14.0. The summed E-state index contributed by atoms with van der Waals surface area (Å²) in [5, 5.41) is 8.48. The van der Waals surface area contributed by atoms with Crippen molar-refractivity contribution in [1.29, 1.82) is 0 Å². The van der Waals surface area contributed by atoms with Gasteiger partial charge in [0.1, 0.15) is 0 Å². The van der Waals surface area contributed by atoms with Crippen LogP contribution in [0, 0.1) is 5.89 Å². The van der Waals surface area contributed by atoms with Crippen molar-refractivity contribution >= 4 is 12.2 Å². The lowest BCUT2D eigenvalue weighted by Gasteiger charge is -2.04. The summed E-state index contributed by atoms with van der Waals surface area (Å²) < 4.78 is 7.28. The van der Waals surface area contributed by atoms with Gasteiger partial charge in [0, 0.05) is 7.59 Å². The highest BCUT2D eigenvalue weighted by atomic mass is 16.4. The van der Waals surface area contributed by atoms with Crippen LogP contribution in [0.3, 0.4) is 0 Å². The number of nitrogens with zero attached hydrogens (tertiary/aromatic N) is 1. The third-order valence-corrected chi connectivity index (χ3v) is 1.03. The number of dihydropyridines is 1. The Labute approximate surface area is 54.1 Å². The molecule has 0 saturated heterocycles. The molecular formula is C6H7NO2. The van der Waals surface area contributed by atoms with E-state index < -0.39 is 11.9 Å². The highest BCUT2D eigenvalue weighted by Crippen LogP contribution is 2.02. The van der Waals surface area contributed by atoms with Gasteiger partial charge < -0.3 is 5.11 Å². The highest BCUT2D eigenvalue weighted by molar-refractivity contribution is 5.79. The molecule has 0 aromatic rings. The summed E-state index contributed by atoms with van der Waals surface area (Å²) >= 11 is 0. The molecule has 1 unspecified atom stereocenters. The Kier molecular flexibility index (Phi) is 1.28. The van der Waals surface area contributed by atoms with Crippen LogP contribution in [-0.2, 0) is 4.79 Å². The van der Waals surface area contributed by atoms with Gasteiger partial charge in [-0.2, -0.15) is 0 Å². The molecule has 48 valence electrons. The van der Waals surface area contributed by atoms with Gasteiger partial charge in [-0.25, -0.2) is 0 Å². The van der Waals surface area contributed by atoms with Gasteiger partial charge in [0.2, 0.25) is 0 Å². The fourth-order valence-electron chi connectivity index (χ4n) is 0.563. The molecule has 0 fully saturated rings. The summed E-state index contributed by atoms with van der Waals surface area (Å²) in [6, 6.07) is 0. The van der Waals surface area contributed by atoms with Crippen molar-refractivity contribution in [3.8, 4) is 0 Å². The molecule has 3 heteroatoms. The number of carboxylic acids is 1. The molecule has 0 aliphatic carbocycles. The van der Waals surface area contributed by atoms with Gasteiger partial charge in [-0.15, -0.1) is 0 Å². The second-order valence-electron chi connectivity index (χ2n) is 1.68. The third-order valence-electron chi connectivity index (χ3n) is 1.03. The number of hydrogen-bond donors (Lipinski definition) is 1. The van der Waals surface area contributed by atoms with Crippen LogP contribution in [-0.4, -0.2) is 23.8 Å². The predicted octanol–water partition coefficient (Wildman–Crippen LogP) is 0.328. The van der Waals surface area contributed by atoms with Crippen LogP contribution >= 0.6 is 0 Å². The van der Waals surface area contributed by atoms with E-state index in [9.17, 15) is 4.79 Å². The van der Waals surface area contributed by atoms with Crippen molar-refractivity contribution in [1.82, 2.24) is 0 Å². The molecule has 0 spiro atoms. The molecule has 0 aromatic heterocycles. The minimum Gasteiger partial charge on any atom is -0.481 e. The molecule has 1 heterocycles. The molecule has 1 aliphatic heterocycles. The Hall–Kier alpha value is -1.12. The lowest BCUT2D eigenvalue weighted by atomic mass is 10.1. The van der Waals surface area contributed by atoms with Crippen LogP contribution < -0.4 is 0 Å². The highest BCUT2D eigenvalue weighted by Gasteiger charge is 2.13. The molecule has 1 aliphatic rings. The van der Waals surface area contributed by atoms with Crippen LogP contribution in [0.2, 0.25) is 0 Å². The van der Waals surface area contributed by atoms with Crippen LogP contribution in [0.4, 0.5) is 0 Å². The van der Waals surface area contributed by atoms with Crippen LogP contribution in [0.5, 0.6) is 0 Å². The minimum absolute atomic E-state index is 0.0127. The third kappa shape index (κ3) is 1.38. The molecule has 0 radical (unpaired) electrons. The van der Waals surface area contributed by atoms with E-state index in [1.165, 1.54) is 18.4 Å². The maximum Gasteiger partial charge on any atom is 0.312 e. The van der Waals surface area contributed by atoms with Crippen molar-refractivity contribution in [2.75, 3.05) is 6.54 Å². The van der Waals surface area contributed by atoms with Crippen molar-refractivity contribution in [2.24, 2.45) is 10.9 Å². The Morgan fingerprint density at radius 2 is 2.78 bits per heavy atom. The standard InChI is InChI=1S/C6H7NO2/c8-6(9)5-2-1-3-7-4-5/h1-3,5H,4H2,(H,8,9)/i5D. The number of carboxylic acid groups (broad SMARTS) is 1. The summed E-state index contributed by atoms with van der Waals surface area (Å²) in [6.45, 7) is 0.0127. The van der Waals surface area contributed by atoms with E-state index in [4.69, 9.17) is 6.48 Å². The van der Waals surface area contributed by atoms with E-state index in [2.05, 4.69) is 4.99 Å². The number of allylic oxidation sites excluding steroid dienone is 1. The second kappa shape index (κ2) is 2.44. The second-order valence-corrected chi connectivity index (χ2v) is 1.68. The monoisotopic (exact) mass is 126 g/mol. The molecule has 0 amide bonds. The first-order valence-corrected chi connectivity index (χ1v) is 2.56. The van der Waals surface area contributed by atoms with Gasteiger partial charge in [-0.3, -0.25) is 9.79 Å². The first-order valence-electron chi connectivity index (χ1n) is 3.06. The average molecular weight is 126 g/mol. The van der Waals surface area contributed by atoms with Crippen LogP contribution in [0.25, 0.3) is 0 Å². The SMILES string of the molecule is [2H]C1(C(=O)O)C=CC=NC1. The number of rotatable bonds is 1. The molecular weight excluding hydrogens is 118 g/mol. The van der Waals surface area contributed by atoms with Gasteiger partial charge in [-0.05, 0) is 6.08 Å². The summed E-state index contributed by atoms with van der Waals surface area (Å²) in [5.41, 5.74) is 0. The molecule has 1 N–H and O–H groups in total. The van der Waals surface area contributed by atoms with Crippen molar-refractivity contribution in [2.45, 2.75) is 0 Å². The fourth-order valence-corrected chi connectivity index (χ4v) is 0.563. The molecule has 1 atom stereocenters. The lowest BCUT2D eigenvalue weighted by molar-refractivity contribution is -0.139. The Morgan fingerprint density at radius 3 is 3.11 bits per heavy atom. The molecule has 9 heavy (non-hydrogen) atoms. The number of carbonyl (C=O) groups is 1. The van der Waals surface area contributed by atoms with Crippen molar-refractivity contribution < 1.29 is 11.3 Å². The minimum atomic E-state index is -1.53. The van der Waals surface area contributed by atoms with E-state index in [1.807, 2.05) is 0 Å². The lowest BCUT2D eigenvalue weighted by Crippen LogP contribution is -2.15. The summed E-state index contributed by atoms with van der Waals surface area (Å²) in [7, 11) is 0. The molecule has 0 aromatic carbocycles. The maximum atomic E-state index is 10.4. The van der Waals surface area contributed by atoms with Crippen molar-refractivity contribution in [3.63, 3.8) is 0 Å². The fraction of sp³-hybridized carbons (Fsp3) is 0.333. The first-order chi connectivity index (χ1) is 4.65. The predicted molar refractivity (Wildman–Crippen MR) is 33.6 cm³/mol. The van der Waals surface area contributed by atoms with Gasteiger partial charge in [-0.1, -0.05) is 6.08 Å². The molecule has 0 saturated carbocycles. The van der Waals surface area contributed by atoms with Crippen LogP contribution in [0.15, 0.2) is 17.1 Å². The Balaban J connectivity index is 2.80. The van der Waals surface area contributed by atoms with E-state index in [0.717, 1.165) is 0 Å². The van der Waals surface area contributed by atoms with Crippen molar-refractivity contribution in [3.05, 3.63) is 12.2 Å². The van der Waals surface area contributed by atoms with Crippen LogP contribution in [0.1, 0.15) is 1.37 Å². The molecule has 1 rings (SSSR count). The van der Waals surface area contributed by atoms with E-state index >= 15 is 0 Å². The first kappa shape index (κ1) is 4.73. The summed E-state index contributed by atoms with van der Waals surface area (Å²) in [6.07, 6.45) is 4.29. The molecule has 3 nitrogen and oxygen atoms in total. The average Bonchev–Trinajstić information content (AvgIpc) is 1.89. The van der Waals surface area contributed by atoms with Gasteiger partial charge >= 0.3 is 5.97 Å². The summed E-state index contributed by atoms with van der Waals surface area (Å²) in [5.74, 6) is -2.69. The largest absolute Gasteiger partial charge is 0.481 e. The quantitative estimate of drug-likeness (QED) is 0.550. The Morgan fingerprint density at radius 1 is 2.00 bits per heavy atom. The van der Waals surface area contributed by atoms with E-state index in [-0.39, 0.29) is 6.54 Å². The zero-order chi connectivity index (χ0) is 7.61. The number of hydrogen-bond acceptors (Lipinski definition) is 2. The number of aliphatic carboxylic acids is 1. The van der Waals surface area contributed by atoms with E-state index in [0.29, 0.717) is 0 Å². The molecule has 0 bridgehead atoms. The zero-order valence-corrected chi connectivity index (χ0v) is 4.74. The number of aliphatic imine (C=N–C) groups is 1. The zero-order valence-electron chi connectivity index (χ0n) is 5.74. The van der Waals surface area contributed by atoms with E-state index in [1.54, 1.807) is 0 Å². The topological polar surface area (TPSA) is 49.7 Å². The maximum absolute atomic E-state index is 10.4. The Bertz CT molecular complexity index is 212. The van der Waals surface area contributed by atoms with Gasteiger partial charge in [0.05, 0.1) is 12.4 Å². The smallest absolute Gasteiger partial charge is 0.312 e.